The van der Waals surface area contributed by atoms with E-state index in [1.54, 1.807) is 0 Å². The van der Waals surface area contributed by atoms with Gasteiger partial charge in [-0.1, -0.05) is 55.5 Å². The van der Waals surface area contributed by atoms with Crippen LogP contribution >= 0.6 is 0 Å². The van der Waals surface area contributed by atoms with E-state index in [0.29, 0.717) is 0 Å². The van der Waals surface area contributed by atoms with Crippen LogP contribution in [0, 0.1) is 0 Å². The zero-order valence-electron chi connectivity index (χ0n) is 14.6. The van der Waals surface area contributed by atoms with Crippen LogP contribution < -0.4 is 5.32 Å². The van der Waals surface area contributed by atoms with Gasteiger partial charge >= 0.3 is 0 Å². The smallest absolute Gasteiger partial charge is 0.227 e. The highest BCUT2D eigenvalue weighted by Gasteiger charge is 2.20. The summed E-state index contributed by atoms with van der Waals surface area (Å²) in [6.45, 7) is 2.20. The number of aliphatic hydroxyl groups is 1. The van der Waals surface area contributed by atoms with Crippen molar-refractivity contribution >= 4 is 16.8 Å². The summed E-state index contributed by atoms with van der Waals surface area (Å²) in [6, 6.07) is 17.7. The third kappa shape index (κ3) is 3.59. The molecule has 130 valence electrons. The molecule has 1 aromatic heterocycles. The SMILES string of the molecule is CC[C@H](C(=O)NC[C@H](O)c1cn(C)c2ccccc12)c1ccccc1. The maximum absolute atomic E-state index is 12.6. The summed E-state index contributed by atoms with van der Waals surface area (Å²) >= 11 is 0. The van der Waals surface area contributed by atoms with Crippen LogP contribution in [0.15, 0.2) is 60.8 Å². The lowest BCUT2D eigenvalue weighted by molar-refractivity contribution is -0.123. The molecule has 4 nitrogen and oxygen atoms in total. The molecule has 1 amide bonds. The van der Waals surface area contributed by atoms with Crippen LogP contribution in [0.2, 0.25) is 0 Å². The zero-order valence-corrected chi connectivity index (χ0v) is 14.6. The zero-order chi connectivity index (χ0) is 17.8. The lowest BCUT2D eigenvalue weighted by atomic mass is 9.95. The van der Waals surface area contributed by atoms with Gasteiger partial charge in [0.15, 0.2) is 0 Å². The van der Waals surface area contributed by atoms with Gasteiger partial charge in [-0.15, -0.1) is 0 Å². The number of aromatic nitrogens is 1. The van der Waals surface area contributed by atoms with Gasteiger partial charge in [-0.25, -0.2) is 0 Å². The minimum atomic E-state index is -0.733. The Hall–Kier alpha value is -2.59. The summed E-state index contributed by atoms with van der Waals surface area (Å²) in [5.74, 6) is -0.242. The standard InChI is InChI=1S/C21H24N2O2/c1-3-16(15-9-5-4-6-10-15)21(25)22-13-20(24)18-14-23(2)19-12-8-7-11-17(18)19/h4-12,14,16,20,24H,3,13H2,1-2H3,(H,22,25)/t16-,20-/m0/s1. The summed E-state index contributed by atoms with van der Waals surface area (Å²) in [7, 11) is 1.96. The Balaban J connectivity index is 1.71. The molecule has 0 fully saturated rings. The van der Waals surface area contributed by atoms with Gasteiger partial charge in [-0.3, -0.25) is 4.79 Å². The predicted octanol–water partition coefficient (Wildman–Crippen LogP) is 3.52. The van der Waals surface area contributed by atoms with Gasteiger partial charge in [0, 0.05) is 36.3 Å². The van der Waals surface area contributed by atoms with Crippen LogP contribution in [0.4, 0.5) is 0 Å². The van der Waals surface area contributed by atoms with Crippen LogP contribution in [0.25, 0.3) is 10.9 Å². The number of carbonyl (C=O) groups is 1. The van der Waals surface area contributed by atoms with Crippen molar-refractivity contribution in [3.8, 4) is 0 Å². The Bertz CT molecular complexity index is 855. The highest BCUT2D eigenvalue weighted by Crippen LogP contribution is 2.26. The van der Waals surface area contributed by atoms with Gasteiger partial charge in [0.1, 0.15) is 0 Å². The number of aryl methyl sites for hydroxylation is 1. The summed E-state index contributed by atoms with van der Waals surface area (Å²) in [6.07, 6.45) is 1.92. The molecule has 0 radical (unpaired) electrons. The molecule has 0 aliphatic heterocycles. The second-order valence-corrected chi connectivity index (χ2v) is 6.34. The number of nitrogens with zero attached hydrogens (tertiary/aromatic N) is 1. The van der Waals surface area contributed by atoms with Gasteiger partial charge in [0.2, 0.25) is 5.91 Å². The van der Waals surface area contributed by atoms with E-state index in [1.165, 1.54) is 0 Å². The fourth-order valence-corrected chi connectivity index (χ4v) is 3.33. The van der Waals surface area contributed by atoms with E-state index in [1.807, 2.05) is 79.3 Å². The second kappa shape index (κ2) is 7.53. The molecular weight excluding hydrogens is 312 g/mol. The fraction of sp³-hybridized carbons (Fsp3) is 0.286. The number of hydrogen-bond donors (Lipinski definition) is 2. The van der Waals surface area contributed by atoms with Gasteiger partial charge in [-0.05, 0) is 18.1 Å². The second-order valence-electron chi connectivity index (χ2n) is 6.34. The molecule has 0 saturated carbocycles. The number of nitrogens with one attached hydrogen (secondary N) is 1. The van der Waals surface area contributed by atoms with Crippen LogP contribution in [-0.4, -0.2) is 22.1 Å². The predicted molar refractivity (Wildman–Crippen MR) is 100 cm³/mol. The molecule has 0 aliphatic rings. The van der Waals surface area contributed by atoms with Crippen LogP contribution in [0.3, 0.4) is 0 Å². The first-order valence-electron chi connectivity index (χ1n) is 8.66. The van der Waals surface area contributed by atoms with E-state index < -0.39 is 6.10 Å². The van der Waals surface area contributed by atoms with Crippen molar-refractivity contribution in [3.63, 3.8) is 0 Å². The van der Waals surface area contributed by atoms with Gasteiger partial charge < -0.3 is 15.0 Å². The number of aliphatic hydroxyl groups excluding tert-OH is 1. The quantitative estimate of drug-likeness (QED) is 0.723. The van der Waals surface area contributed by atoms with Crippen LogP contribution in [0.5, 0.6) is 0 Å². The van der Waals surface area contributed by atoms with E-state index in [9.17, 15) is 9.90 Å². The highest BCUT2D eigenvalue weighted by molar-refractivity contribution is 5.85. The number of hydrogen-bond acceptors (Lipinski definition) is 2. The molecule has 25 heavy (non-hydrogen) atoms. The molecule has 0 bridgehead atoms. The van der Waals surface area contributed by atoms with Crippen molar-refractivity contribution < 1.29 is 9.90 Å². The van der Waals surface area contributed by atoms with Crippen molar-refractivity contribution in [2.24, 2.45) is 7.05 Å². The molecule has 2 atom stereocenters. The number of amides is 1. The van der Waals surface area contributed by atoms with E-state index >= 15 is 0 Å². The summed E-state index contributed by atoms with van der Waals surface area (Å²) in [5, 5.41) is 14.5. The first-order valence-corrected chi connectivity index (χ1v) is 8.66. The van der Waals surface area contributed by atoms with Crippen molar-refractivity contribution in [2.75, 3.05) is 6.54 Å². The van der Waals surface area contributed by atoms with Crippen molar-refractivity contribution in [1.82, 2.24) is 9.88 Å². The third-order valence-corrected chi connectivity index (χ3v) is 4.68. The molecule has 1 heterocycles. The largest absolute Gasteiger partial charge is 0.386 e. The Kier molecular flexibility index (Phi) is 5.19. The van der Waals surface area contributed by atoms with E-state index in [0.717, 1.165) is 28.5 Å². The molecule has 4 heteroatoms. The molecule has 0 spiro atoms. The number of carbonyl (C=O) groups excluding carboxylic acids is 1. The molecule has 0 aliphatic carbocycles. The lowest BCUT2D eigenvalue weighted by Crippen LogP contribution is -2.32. The normalized spacial score (nSPS) is 13.6. The fourth-order valence-electron chi connectivity index (χ4n) is 3.33. The minimum Gasteiger partial charge on any atom is -0.386 e. The van der Waals surface area contributed by atoms with E-state index in [2.05, 4.69) is 5.32 Å². The van der Waals surface area contributed by atoms with Gasteiger partial charge in [-0.2, -0.15) is 0 Å². The maximum Gasteiger partial charge on any atom is 0.227 e. The van der Waals surface area contributed by atoms with Gasteiger partial charge in [0.25, 0.3) is 0 Å². The Morgan fingerprint density at radius 3 is 2.52 bits per heavy atom. The van der Waals surface area contributed by atoms with Crippen molar-refractivity contribution in [1.29, 1.82) is 0 Å². The molecular formula is C21H24N2O2. The summed E-state index contributed by atoms with van der Waals surface area (Å²) < 4.78 is 1.99. The van der Waals surface area contributed by atoms with Crippen LogP contribution in [-0.2, 0) is 11.8 Å². The summed E-state index contributed by atoms with van der Waals surface area (Å²) in [4.78, 5) is 12.6. The van der Waals surface area contributed by atoms with Gasteiger partial charge in [0.05, 0.1) is 12.0 Å². The average molecular weight is 336 g/mol. The first-order chi connectivity index (χ1) is 12.1. The number of para-hydroxylation sites is 1. The average Bonchev–Trinajstić information content (AvgIpc) is 2.98. The Morgan fingerprint density at radius 1 is 1.12 bits per heavy atom. The topological polar surface area (TPSA) is 54.3 Å². The minimum absolute atomic E-state index is 0.0482. The molecule has 0 saturated heterocycles. The summed E-state index contributed by atoms with van der Waals surface area (Å²) in [5.41, 5.74) is 2.91. The number of benzene rings is 2. The van der Waals surface area contributed by atoms with Crippen molar-refractivity contribution in [3.05, 3.63) is 71.9 Å². The molecule has 2 N–H and O–H groups in total. The third-order valence-electron chi connectivity index (χ3n) is 4.68. The van der Waals surface area contributed by atoms with E-state index in [4.69, 9.17) is 0 Å². The first kappa shape index (κ1) is 17.2. The molecule has 0 unspecified atom stereocenters. The monoisotopic (exact) mass is 336 g/mol. The number of fused-ring (bicyclic) bond motifs is 1. The van der Waals surface area contributed by atoms with Crippen molar-refractivity contribution in [2.45, 2.75) is 25.4 Å². The Morgan fingerprint density at radius 2 is 1.80 bits per heavy atom. The number of rotatable bonds is 6. The Labute approximate surface area is 148 Å². The van der Waals surface area contributed by atoms with Crippen LogP contribution in [0.1, 0.15) is 36.5 Å². The lowest BCUT2D eigenvalue weighted by Gasteiger charge is -2.17. The highest BCUT2D eigenvalue weighted by atomic mass is 16.3. The molecule has 2 aromatic carbocycles. The molecule has 3 aromatic rings. The maximum atomic E-state index is 12.6. The van der Waals surface area contributed by atoms with E-state index in [-0.39, 0.29) is 18.4 Å². The molecule has 3 rings (SSSR count).